The fraction of sp³-hybridized carbons (Fsp3) is 0.500. The smallest absolute Gasteiger partial charge is 0.162 e. The molecule has 0 aromatic rings. The van der Waals surface area contributed by atoms with E-state index in [4.69, 9.17) is 0 Å². The maximum atomic E-state index is 11.3. The predicted octanol–water partition coefficient (Wildman–Crippen LogP) is 1.31. The third-order valence-corrected chi connectivity index (χ3v) is 2.42. The minimum Gasteiger partial charge on any atom is -0.385 e. The summed E-state index contributed by atoms with van der Waals surface area (Å²) in [5.41, 5.74) is -0.995. The molecule has 2 nitrogen and oxygen atoms in total. The second-order valence-electron chi connectivity index (χ2n) is 3.53. The number of aliphatic hydroxyl groups is 1. The van der Waals surface area contributed by atoms with Gasteiger partial charge < -0.3 is 5.11 Å². The highest BCUT2D eigenvalue weighted by molar-refractivity contribution is 5.96. The van der Waals surface area contributed by atoms with E-state index in [9.17, 15) is 9.90 Å². The number of hydrogen-bond donors (Lipinski definition) is 1. The summed E-state index contributed by atoms with van der Waals surface area (Å²) in [6.45, 7) is 7.15. The number of carbonyl (C=O) groups excluding carboxylic acids is 1. The number of hydrogen-bond acceptors (Lipinski definition) is 2. The molecule has 2 heteroatoms. The molecule has 0 radical (unpaired) electrons. The highest BCUT2D eigenvalue weighted by Crippen LogP contribution is 2.32. The Morgan fingerprint density at radius 1 is 1.83 bits per heavy atom. The standard InChI is InChI=1S/C10H14O2/c1-4-7(2)9-8(11)5-6-10(9,3)12/h4-7,9,12H,1H2,2-3H3. The molecule has 0 aliphatic heterocycles. The molecule has 3 atom stereocenters. The van der Waals surface area contributed by atoms with Crippen LogP contribution in [0.5, 0.6) is 0 Å². The van der Waals surface area contributed by atoms with Crippen LogP contribution in [0.3, 0.4) is 0 Å². The van der Waals surface area contributed by atoms with E-state index in [-0.39, 0.29) is 17.6 Å². The molecule has 1 rings (SSSR count). The van der Waals surface area contributed by atoms with E-state index in [1.165, 1.54) is 6.08 Å². The summed E-state index contributed by atoms with van der Waals surface area (Å²) < 4.78 is 0. The van der Waals surface area contributed by atoms with Crippen molar-refractivity contribution in [1.82, 2.24) is 0 Å². The first-order valence-corrected chi connectivity index (χ1v) is 4.07. The van der Waals surface area contributed by atoms with E-state index in [0.29, 0.717) is 0 Å². The van der Waals surface area contributed by atoms with Gasteiger partial charge in [0.05, 0.1) is 11.5 Å². The minimum atomic E-state index is -0.995. The van der Waals surface area contributed by atoms with E-state index in [0.717, 1.165) is 0 Å². The zero-order chi connectivity index (χ0) is 9.35. The van der Waals surface area contributed by atoms with Crippen molar-refractivity contribution in [2.75, 3.05) is 0 Å². The molecule has 3 unspecified atom stereocenters. The van der Waals surface area contributed by atoms with Crippen LogP contribution < -0.4 is 0 Å². The molecule has 66 valence electrons. The minimum absolute atomic E-state index is 0.00704. The van der Waals surface area contributed by atoms with E-state index in [2.05, 4.69) is 6.58 Å². The second kappa shape index (κ2) is 2.87. The molecule has 1 aliphatic carbocycles. The first kappa shape index (κ1) is 9.20. The van der Waals surface area contributed by atoms with Crippen molar-refractivity contribution in [3.8, 4) is 0 Å². The number of carbonyl (C=O) groups is 1. The lowest BCUT2D eigenvalue weighted by Crippen LogP contribution is -2.36. The van der Waals surface area contributed by atoms with E-state index >= 15 is 0 Å². The second-order valence-corrected chi connectivity index (χ2v) is 3.53. The van der Waals surface area contributed by atoms with Crippen molar-refractivity contribution < 1.29 is 9.90 Å². The lowest BCUT2D eigenvalue weighted by atomic mass is 9.82. The van der Waals surface area contributed by atoms with Crippen LogP contribution in [0.1, 0.15) is 13.8 Å². The Hall–Kier alpha value is -0.890. The van der Waals surface area contributed by atoms with Crippen molar-refractivity contribution in [3.63, 3.8) is 0 Å². The molecule has 1 N–H and O–H groups in total. The fourth-order valence-corrected chi connectivity index (χ4v) is 1.67. The van der Waals surface area contributed by atoms with Crippen LogP contribution in [-0.4, -0.2) is 16.5 Å². The molecule has 12 heavy (non-hydrogen) atoms. The summed E-state index contributed by atoms with van der Waals surface area (Å²) in [6, 6.07) is 0. The highest BCUT2D eigenvalue weighted by Gasteiger charge is 2.41. The van der Waals surface area contributed by atoms with Gasteiger partial charge in [-0.05, 0) is 25.0 Å². The fourth-order valence-electron chi connectivity index (χ4n) is 1.67. The lowest BCUT2D eigenvalue weighted by Gasteiger charge is -2.26. The first-order chi connectivity index (χ1) is 5.49. The van der Waals surface area contributed by atoms with Gasteiger partial charge in [0.2, 0.25) is 0 Å². The van der Waals surface area contributed by atoms with Crippen LogP contribution in [0, 0.1) is 11.8 Å². The van der Waals surface area contributed by atoms with Crippen molar-refractivity contribution in [2.24, 2.45) is 11.8 Å². The third-order valence-electron chi connectivity index (χ3n) is 2.42. The van der Waals surface area contributed by atoms with Crippen LogP contribution in [0.15, 0.2) is 24.8 Å². The van der Waals surface area contributed by atoms with Gasteiger partial charge in [-0.15, -0.1) is 6.58 Å². The van der Waals surface area contributed by atoms with Gasteiger partial charge in [-0.25, -0.2) is 0 Å². The number of allylic oxidation sites excluding steroid dienone is 2. The molecular formula is C10H14O2. The van der Waals surface area contributed by atoms with E-state index in [1.807, 2.05) is 6.92 Å². The normalized spacial score (nSPS) is 36.9. The molecule has 0 bridgehead atoms. The van der Waals surface area contributed by atoms with Crippen LogP contribution in [0.25, 0.3) is 0 Å². The average molecular weight is 166 g/mol. The van der Waals surface area contributed by atoms with E-state index < -0.39 is 5.60 Å². The van der Waals surface area contributed by atoms with Crippen molar-refractivity contribution >= 4 is 5.78 Å². The number of rotatable bonds is 2. The maximum Gasteiger partial charge on any atom is 0.162 e. The largest absolute Gasteiger partial charge is 0.385 e. The van der Waals surface area contributed by atoms with Crippen LogP contribution in [-0.2, 0) is 4.79 Å². The molecule has 0 saturated carbocycles. The van der Waals surface area contributed by atoms with Gasteiger partial charge >= 0.3 is 0 Å². The SMILES string of the molecule is C=CC(C)C1C(=O)C=CC1(C)O. The zero-order valence-corrected chi connectivity index (χ0v) is 7.45. The summed E-state index contributed by atoms with van der Waals surface area (Å²) in [7, 11) is 0. The summed E-state index contributed by atoms with van der Waals surface area (Å²) in [6.07, 6.45) is 4.70. The Labute approximate surface area is 72.6 Å². The van der Waals surface area contributed by atoms with Gasteiger partial charge in [0.1, 0.15) is 0 Å². The van der Waals surface area contributed by atoms with Gasteiger partial charge in [-0.3, -0.25) is 4.79 Å². The van der Waals surface area contributed by atoms with Crippen LogP contribution in [0.2, 0.25) is 0 Å². The van der Waals surface area contributed by atoms with Crippen molar-refractivity contribution in [2.45, 2.75) is 19.4 Å². The van der Waals surface area contributed by atoms with Gasteiger partial charge in [-0.1, -0.05) is 13.0 Å². The molecule has 0 spiro atoms. The van der Waals surface area contributed by atoms with Crippen molar-refractivity contribution in [3.05, 3.63) is 24.8 Å². The molecular weight excluding hydrogens is 152 g/mol. The highest BCUT2D eigenvalue weighted by atomic mass is 16.3. The Bertz CT molecular complexity index is 238. The van der Waals surface area contributed by atoms with Gasteiger partial charge in [-0.2, -0.15) is 0 Å². The summed E-state index contributed by atoms with van der Waals surface area (Å²) in [5.74, 6) is -0.343. The topological polar surface area (TPSA) is 37.3 Å². The van der Waals surface area contributed by atoms with Gasteiger partial charge in [0.15, 0.2) is 5.78 Å². The molecule has 0 amide bonds. The Morgan fingerprint density at radius 2 is 2.42 bits per heavy atom. The average Bonchev–Trinajstić information content (AvgIpc) is 2.25. The van der Waals surface area contributed by atoms with Crippen LogP contribution >= 0.6 is 0 Å². The summed E-state index contributed by atoms with van der Waals surface area (Å²) in [5, 5.41) is 9.77. The van der Waals surface area contributed by atoms with Crippen LogP contribution in [0.4, 0.5) is 0 Å². The third kappa shape index (κ3) is 1.34. The molecule has 0 saturated heterocycles. The predicted molar refractivity (Wildman–Crippen MR) is 47.6 cm³/mol. The zero-order valence-electron chi connectivity index (χ0n) is 7.45. The maximum absolute atomic E-state index is 11.3. The first-order valence-electron chi connectivity index (χ1n) is 4.07. The number of ketones is 1. The molecule has 0 fully saturated rings. The Balaban J connectivity index is 2.90. The molecule has 0 heterocycles. The lowest BCUT2D eigenvalue weighted by molar-refractivity contribution is -0.123. The monoisotopic (exact) mass is 166 g/mol. The van der Waals surface area contributed by atoms with Gasteiger partial charge in [0, 0.05) is 0 Å². The Morgan fingerprint density at radius 3 is 2.75 bits per heavy atom. The van der Waals surface area contributed by atoms with Crippen molar-refractivity contribution in [1.29, 1.82) is 0 Å². The Kier molecular flexibility index (Phi) is 2.20. The summed E-state index contributed by atoms with van der Waals surface area (Å²) >= 11 is 0. The molecule has 0 aromatic heterocycles. The quantitative estimate of drug-likeness (QED) is 0.628. The van der Waals surface area contributed by atoms with Gasteiger partial charge in [0.25, 0.3) is 0 Å². The molecule has 1 aliphatic rings. The molecule has 0 aromatic carbocycles. The summed E-state index contributed by atoms with van der Waals surface area (Å²) in [4.78, 5) is 11.3. The van der Waals surface area contributed by atoms with E-state index in [1.54, 1.807) is 19.1 Å².